The van der Waals surface area contributed by atoms with E-state index in [1.807, 2.05) is 9.80 Å². The molecule has 0 unspecified atom stereocenters. The Morgan fingerprint density at radius 3 is 2.25 bits per heavy atom. The molecule has 2 amide bonds. The summed E-state index contributed by atoms with van der Waals surface area (Å²) in [6.07, 6.45) is 4.64. The Balaban J connectivity index is 1.52. The second-order valence-corrected chi connectivity index (χ2v) is 7.44. The lowest BCUT2D eigenvalue weighted by atomic mass is 10.1. The number of rotatable bonds is 3. The summed E-state index contributed by atoms with van der Waals surface area (Å²) >= 11 is 12.0. The number of carbonyl (C=O) groups excluding carboxylic acids is 2. The number of hydrogen-bond donors (Lipinski definition) is 0. The summed E-state index contributed by atoms with van der Waals surface area (Å²) in [5.41, 5.74) is 0.788. The Labute approximate surface area is 152 Å². The van der Waals surface area contributed by atoms with Crippen LogP contribution in [0.2, 0.25) is 10.0 Å². The quantitative estimate of drug-likeness (QED) is 0.820. The lowest BCUT2D eigenvalue weighted by Crippen LogP contribution is -2.52. The highest BCUT2D eigenvalue weighted by atomic mass is 35.5. The lowest BCUT2D eigenvalue weighted by Gasteiger charge is -2.36. The van der Waals surface area contributed by atoms with Crippen molar-refractivity contribution in [1.29, 1.82) is 0 Å². The molecule has 1 saturated carbocycles. The molecule has 1 saturated heterocycles. The van der Waals surface area contributed by atoms with Crippen molar-refractivity contribution in [3.05, 3.63) is 33.8 Å². The Hall–Kier alpha value is -1.26. The van der Waals surface area contributed by atoms with Gasteiger partial charge in [-0.15, -0.1) is 0 Å². The largest absolute Gasteiger partial charge is 0.339 e. The molecule has 1 aliphatic carbocycles. The first-order valence-electron chi connectivity index (χ1n) is 8.55. The first-order valence-corrected chi connectivity index (χ1v) is 9.30. The molecule has 1 aliphatic heterocycles. The van der Waals surface area contributed by atoms with Gasteiger partial charge in [0.15, 0.2) is 0 Å². The number of nitrogens with zero attached hydrogens (tertiary/aromatic N) is 2. The van der Waals surface area contributed by atoms with Crippen LogP contribution >= 0.6 is 23.2 Å². The highest BCUT2D eigenvalue weighted by Crippen LogP contribution is 2.27. The molecule has 0 spiro atoms. The van der Waals surface area contributed by atoms with Crippen LogP contribution in [0.3, 0.4) is 0 Å². The van der Waals surface area contributed by atoms with E-state index in [0.717, 1.165) is 31.2 Å². The van der Waals surface area contributed by atoms with Crippen LogP contribution in [0.5, 0.6) is 0 Å². The van der Waals surface area contributed by atoms with Gasteiger partial charge in [0.25, 0.3) is 0 Å². The Morgan fingerprint density at radius 2 is 1.62 bits per heavy atom. The van der Waals surface area contributed by atoms with E-state index in [2.05, 4.69) is 0 Å². The van der Waals surface area contributed by atoms with Crippen LogP contribution < -0.4 is 0 Å². The molecule has 6 heteroatoms. The van der Waals surface area contributed by atoms with E-state index in [4.69, 9.17) is 23.2 Å². The van der Waals surface area contributed by atoms with Gasteiger partial charge in [-0.1, -0.05) is 42.1 Å². The molecular weight excluding hydrogens is 347 g/mol. The normalized spacial score (nSPS) is 18.9. The van der Waals surface area contributed by atoms with Gasteiger partial charge in [0.1, 0.15) is 0 Å². The van der Waals surface area contributed by atoms with Gasteiger partial charge in [-0.2, -0.15) is 0 Å². The third kappa shape index (κ3) is 4.04. The zero-order valence-corrected chi connectivity index (χ0v) is 15.2. The van der Waals surface area contributed by atoms with Crippen molar-refractivity contribution >= 4 is 35.0 Å². The lowest BCUT2D eigenvalue weighted by molar-refractivity contribution is -0.141. The number of carbonyl (C=O) groups is 2. The molecule has 24 heavy (non-hydrogen) atoms. The molecule has 0 bridgehead atoms. The fourth-order valence-electron chi connectivity index (χ4n) is 3.55. The van der Waals surface area contributed by atoms with Crippen molar-refractivity contribution < 1.29 is 9.59 Å². The average Bonchev–Trinajstić information content (AvgIpc) is 3.11. The Bertz CT molecular complexity index is 621. The Kier molecular flexibility index (Phi) is 5.67. The summed E-state index contributed by atoms with van der Waals surface area (Å²) in [4.78, 5) is 28.7. The average molecular weight is 369 g/mol. The first kappa shape index (κ1) is 17.6. The van der Waals surface area contributed by atoms with Crippen molar-refractivity contribution in [3.8, 4) is 0 Å². The predicted octanol–water partition coefficient (Wildman–Crippen LogP) is 3.40. The zero-order valence-electron chi connectivity index (χ0n) is 13.6. The van der Waals surface area contributed by atoms with Crippen LogP contribution in [0.15, 0.2) is 18.2 Å². The number of piperazine rings is 1. The molecule has 0 N–H and O–H groups in total. The summed E-state index contributed by atoms with van der Waals surface area (Å²) in [5, 5.41) is 1.08. The smallest absolute Gasteiger partial charge is 0.227 e. The van der Waals surface area contributed by atoms with Gasteiger partial charge in [0.2, 0.25) is 11.8 Å². The van der Waals surface area contributed by atoms with E-state index in [-0.39, 0.29) is 24.2 Å². The van der Waals surface area contributed by atoms with Gasteiger partial charge in [-0.3, -0.25) is 9.59 Å². The van der Waals surface area contributed by atoms with E-state index >= 15 is 0 Å². The van der Waals surface area contributed by atoms with Crippen LogP contribution in [-0.2, 0) is 16.0 Å². The topological polar surface area (TPSA) is 40.6 Å². The highest BCUT2D eigenvalue weighted by molar-refractivity contribution is 6.35. The first-order chi connectivity index (χ1) is 11.5. The minimum Gasteiger partial charge on any atom is -0.339 e. The molecule has 0 radical (unpaired) electrons. The number of benzene rings is 1. The van der Waals surface area contributed by atoms with Crippen LogP contribution in [0.4, 0.5) is 0 Å². The highest BCUT2D eigenvalue weighted by Gasteiger charge is 2.30. The van der Waals surface area contributed by atoms with Crippen molar-refractivity contribution in [3.63, 3.8) is 0 Å². The summed E-state index contributed by atoms with van der Waals surface area (Å²) in [6, 6.07) is 5.20. The summed E-state index contributed by atoms with van der Waals surface area (Å²) in [5.74, 6) is 0.535. The molecule has 3 rings (SSSR count). The molecule has 4 nitrogen and oxygen atoms in total. The summed E-state index contributed by atoms with van der Waals surface area (Å²) in [6.45, 7) is 2.47. The van der Waals surface area contributed by atoms with E-state index in [1.165, 1.54) is 0 Å². The minimum atomic E-state index is 0.0483. The van der Waals surface area contributed by atoms with Gasteiger partial charge in [-0.25, -0.2) is 0 Å². The summed E-state index contributed by atoms with van der Waals surface area (Å²) in [7, 11) is 0. The second kappa shape index (κ2) is 7.75. The molecule has 130 valence electrons. The number of halogens is 2. The SMILES string of the molecule is O=C(Cc1ccc(Cl)cc1Cl)N1CCN(C(=O)C2CCCC2)CC1. The van der Waals surface area contributed by atoms with E-state index in [9.17, 15) is 9.59 Å². The van der Waals surface area contributed by atoms with Gasteiger partial charge in [0, 0.05) is 42.1 Å². The van der Waals surface area contributed by atoms with Crippen LogP contribution in [-0.4, -0.2) is 47.8 Å². The Morgan fingerprint density at radius 1 is 1.00 bits per heavy atom. The van der Waals surface area contributed by atoms with Gasteiger partial charge < -0.3 is 9.80 Å². The van der Waals surface area contributed by atoms with Crippen molar-refractivity contribution in [2.75, 3.05) is 26.2 Å². The maximum Gasteiger partial charge on any atom is 0.227 e. The monoisotopic (exact) mass is 368 g/mol. The predicted molar refractivity (Wildman–Crippen MR) is 95.3 cm³/mol. The van der Waals surface area contributed by atoms with E-state index < -0.39 is 0 Å². The maximum absolute atomic E-state index is 12.5. The van der Waals surface area contributed by atoms with Crippen molar-refractivity contribution in [1.82, 2.24) is 9.80 Å². The molecule has 0 aromatic heterocycles. The summed E-state index contributed by atoms with van der Waals surface area (Å²) < 4.78 is 0. The molecule has 1 aromatic carbocycles. The molecule has 1 aromatic rings. The van der Waals surface area contributed by atoms with Crippen LogP contribution in [0.1, 0.15) is 31.2 Å². The van der Waals surface area contributed by atoms with Gasteiger partial charge >= 0.3 is 0 Å². The molecule has 2 aliphatic rings. The standard InChI is InChI=1S/C18H22Cl2N2O2/c19-15-6-5-14(16(20)12-15)11-17(23)21-7-9-22(10-8-21)18(24)13-3-1-2-4-13/h5-6,12-13H,1-4,7-11H2. The molecule has 1 heterocycles. The van der Waals surface area contributed by atoms with Gasteiger partial charge in [0.05, 0.1) is 6.42 Å². The zero-order chi connectivity index (χ0) is 17.1. The minimum absolute atomic E-state index is 0.0483. The van der Waals surface area contributed by atoms with Crippen LogP contribution in [0, 0.1) is 5.92 Å². The van der Waals surface area contributed by atoms with Crippen molar-refractivity contribution in [2.24, 2.45) is 5.92 Å². The van der Waals surface area contributed by atoms with E-state index in [1.54, 1.807) is 18.2 Å². The van der Waals surface area contributed by atoms with Crippen molar-refractivity contribution in [2.45, 2.75) is 32.1 Å². The maximum atomic E-state index is 12.5. The second-order valence-electron chi connectivity index (χ2n) is 6.60. The molecule has 2 fully saturated rings. The van der Waals surface area contributed by atoms with Crippen LogP contribution in [0.25, 0.3) is 0 Å². The fraction of sp³-hybridized carbons (Fsp3) is 0.556. The van der Waals surface area contributed by atoms with E-state index in [0.29, 0.717) is 36.2 Å². The third-order valence-electron chi connectivity index (χ3n) is 5.01. The number of amides is 2. The fourth-order valence-corrected chi connectivity index (χ4v) is 4.02. The van der Waals surface area contributed by atoms with Gasteiger partial charge in [-0.05, 0) is 30.5 Å². The molecular formula is C18H22Cl2N2O2. The third-order valence-corrected chi connectivity index (χ3v) is 5.59. The molecule has 0 atom stereocenters. The number of hydrogen-bond acceptors (Lipinski definition) is 2.